The van der Waals surface area contributed by atoms with Gasteiger partial charge in [0.15, 0.2) is 5.82 Å². The van der Waals surface area contributed by atoms with E-state index in [1.54, 1.807) is 0 Å². The smallest absolute Gasteiger partial charge is 0.353 e. The zero-order chi connectivity index (χ0) is 16.2. The molecule has 11 heteroatoms. The van der Waals surface area contributed by atoms with Crippen molar-refractivity contribution in [3.63, 3.8) is 0 Å². The molecule has 0 aromatic carbocycles. The first-order valence-electron chi connectivity index (χ1n) is 6.17. The third-order valence-electron chi connectivity index (χ3n) is 3.47. The van der Waals surface area contributed by atoms with Gasteiger partial charge in [-0.3, -0.25) is 29.1 Å². The van der Waals surface area contributed by atoms with E-state index in [4.69, 9.17) is 5.73 Å². The van der Waals surface area contributed by atoms with Gasteiger partial charge in [0, 0.05) is 18.4 Å². The van der Waals surface area contributed by atoms with Crippen molar-refractivity contribution in [2.24, 2.45) is 12.8 Å². The summed E-state index contributed by atoms with van der Waals surface area (Å²) in [6.07, 6.45) is 0. The average Bonchev–Trinajstić information content (AvgIpc) is 2.48. The SMILES string of the molecule is Cn1[nH]c(=O)c(=O)nc1C1=C(C(=O)O)N2C(=O)C(N)[C@@H]2SC1. The van der Waals surface area contributed by atoms with Gasteiger partial charge in [-0.05, 0) is 0 Å². The molecule has 0 aliphatic carbocycles. The van der Waals surface area contributed by atoms with E-state index in [0.717, 1.165) is 9.58 Å². The Morgan fingerprint density at radius 2 is 2.14 bits per heavy atom. The van der Waals surface area contributed by atoms with Gasteiger partial charge in [-0.1, -0.05) is 0 Å². The summed E-state index contributed by atoms with van der Waals surface area (Å²) in [6, 6.07) is -0.742. The summed E-state index contributed by atoms with van der Waals surface area (Å²) in [5.74, 6) is -1.61. The first-order valence-corrected chi connectivity index (χ1v) is 7.22. The number of amides is 1. The number of aromatic amines is 1. The molecule has 1 saturated heterocycles. The summed E-state index contributed by atoms with van der Waals surface area (Å²) >= 11 is 1.28. The number of nitrogens with zero attached hydrogens (tertiary/aromatic N) is 3. The van der Waals surface area contributed by atoms with Gasteiger partial charge in [0.1, 0.15) is 17.1 Å². The zero-order valence-electron chi connectivity index (χ0n) is 11.3. The molecule has 0 saturated carbocycles. The average molecular weight is 325 g/mol. The lowest BCUT2D eigenvalue weighted by Crippen LogP contribution is -2.68. The number of carbonyl (C=O) groups excluding carboxylic acids is 1. The van der Waals surface area contributed by atoms with Crippen molar-refractivity contribution >= 4 is 29.2 Å². The Kier molecular flexibility index (Phi) is 3.18. The monoisotopic (exact) mass is 325 g/mol. The Morgan fingerprint density at radius 1 is 1.45 bits per heavy atom. The largest absolute Gasteiger partial charge is 0.477 e. The number of carbonyl (C=O) groups is 2. The lowest BCUT2D eigenvalue weighted by Gasteiger charge is -2.47. The summed E-state index contributed by atoms with van der Waals surface area (Å²) in [5, 5.41) is 11.2. The third-order valence-corrected chi connectivity index (χ3v) is 4.77. The van der Waals surface area contributed by atoms with Gasteiger partial charge >= 0.3 is 17.1 Å². The fourth-order valence-corrected chi connectivity index (χ4v) is 3.72. The van der Waals surface area contributed by atoms with Crippen LogP contribution < -0.4 is 16.9 Å². The van der Waals surface area contributed by atoms with Crippen molar-refractivity contribution in [1.29, 1.82) is 0 Å². The van der Waals surface area contributed by atoms with Crippen LogP contribution in [0.15, 0.2) is 15.3 Å². The number of fused-ring (bicyclic) bond motifs is 1. The molecule has 1 fully saturated rings. The number of carboxylic acids is 1. The highest BCUT2D eigenvalue weighted by atomic mass is 32.2. The van der Waals surface area contributed by atoms with Crippen molar-refractivity contribution in [3.8, 4) is 0 Å². The molecule has 0 radical (unpaired) electrons. The second kappa shape index (κ2) is 4.81. The van der Waals surface area contributed by atoms with E-state index < -0.39 is 34.4 Å². The molecule has 1 unspecified atom stereocenters. The first kappa shape index (κ1) is 14.5. The van der Waals surface area contributed by atoms with Crippen molar-refractivity contribution in [1.82, 2.24) is 19.7 Å². The van der Waals surface area contributed by atoms with E-state index >= 15 is 0 Å². The zero-order valence-corrected chi connectivity index (χ0v) is 12.1. The molecule has 1 amide bonds. The van der Waals surface area contributed by atoms with Gasteiger partial charge in [0.2, 0.25) is 5.91 Å². The Bertz CT molecular complexity index is 840. The number of carboxylic acid groups (broad SMARTS) is 1. The van der Waals surface area contributed by atoms with E-state index in [1.165, 1.54) is 18.8 Å². The molecule has 2 atom stereocenters. The predicted octanol–water partition coefficient (Wildman–Crippen LogP) is -2.49. The van der Waals surface area contributed by atoms with Gasteiger partial charge in [-0.25, -0.2) is 4.79 Å². The Morgan fingerprint density at radius 3 is 2.77 bits per heavy atom. The molecular weight excluding hydrogens is 314 g/mol. The van der Waals surface area contributed by atoms with Crippen LogP contribution in [-0.2, 0) is 16.6 Å². The first-order chi connectivity index (χ1) is 10.3. The topological polar surface area (TPSA) is 151 Å². The van der Waals surface area contributed by atoms with Crippen LogP contribution in [0.4, 0.5) is 0 Å². The van der Waals surface area contributed by atoms with Crippen LogP contribution in [0, 0.1) is 0 Å². The lowest BCUT2D eigenvalue weighted by molar-refractivity contribution is -0.147. The van der Waals surface area contributed by atoms with Gasteiger partial charge in [-0.15, -0.1) is 11.8 Å². The van der Waals surface area contributed by atoms with Crippen LogP contribution in [0.1, 0.15) is 5.82 Å². The fraction of sp³-hybridized carbons (Fsp3) is 0.364. The van der Waals surface area contributed by atoms with Crippen molar-refractivity contribution in [2.45, 2.75) is 11.4 Å². The summed E-state index contributed by atoms with van der Waals surface area (Å²) in [6.45, 7) is 0. The van der Waals surface area contributed by atoms with Crippen LogP contribution in [0.2, 0.25) is 0 Å². The minimum atomic E-state index is -1.32. The number of hydrogen-bond donors (Lipinski definition) is 3. The van der Waals surface area contributed by atoms with E-state index in [9.17, 15) is 24.3 Å². The van der Waals surface area contributed by atoms with Crippen LogP contribution in [0.25, 0.3) is 5.57 Å². The van der Waals surface area contributed by atoms with Gasteiger partial charge < -0.3 is 10.8 Å². The Labute approximate surface area is 126 Å². The second-order valence-corrected chi connectivity index (χ2v) is 5.91. The number of rotatable bonds is 2. The van der Waals surface area contributed by atoms with Crippen molar-refractivity contribution < 1.29 is 14.7 Å². The van der Waals surface area contributed by atoms with Crippen LogP contribution in [0.5, 0.6) is 0 Å². The molecule has 3 rings (SSSR count). The molecule has 1 aromatic heterocycles. The quantitative estimate of drug-likeness (QED) is 0.399. The highest BCUT2D eigenvalue weighted by Crippen LogP contribution is 2.41. The number of thioether (sulfide) groups is 1. The summed E-state index contributed by atoms with van der Waals surface area (Å²) in [5.41, 5.74) is 3.64. The fourth-order valence-electron chi connectivity index (χ4n) is 2.43. The minimum Gasteiger partial charge on any atom is -0.477 e. The maximum Gasteiger partial charge on any atom is 0.353 e. The molecule has 1 aromatic rings. The molecule has 10 nitrogen and oxygen atoms in total. The molecule has 0 bridgehead atoms. The normalized spacial score (nSPS) is 24.1. The summed E-state index contributed by atoms with van der Waals surface area (Å²) in [7, 11) is 1.43. The predicted molar refractivity (Wildman–Crippen MR) is 75.7 cm³/mol. The number of nitrogens with two attached hydrogens (primary N) is 1. The molecule has 2 aliphatic rings. The number of β-lactam (4-membered cyclic amide) rings is 1. The van der Waals surface area contributed by atoms with E-state index in [2.05, 4.69) is 10.1 Å². The molecule has 116 valence electrons. The molecule has 2 aliphatic heterocycles. The summed E-state index contributed by atoms with van der Waals surface area (Å²) < 4.78 is 1.16. The molecule has 3 heterocycles. The van der Waals surface area contributed by atoms with Crippen molar-refractivity contribution in [2.75, 3.05) is 5.75 Å². The number of aromatic nitrogens is 3. The van der Waals surface area contributed by atoms with Crippen LogP contribution >= 0.6 is 11.8 Å². The highest BCUT2D eigenvalue weighted by molar-refractivity contribution is 8.00. The van der Waals surface area contributed by atoms with Crippen molar-refractivity contribution in [3.05, 3.63) is 32.2 Å². The van der Waals surface area contributed by atoms with E-state index in [-0.39, 0.29) is 22.8 Å². The van der Waals surface area contributed by atoms with Crippen LogP contribution in [-0.4, -0.2) is 53.8 Å². The summed E-state index contributed by atoms with van der Waals surface area (Å²) in [4.78, 5) is 50.8. The highest BCUT2D eigenvalue weighted by Gasteiger charge is 2.52. The van der Waals surface area contributed by atoms with Crippen LogP contribution in [0.3, 0.4) is 0 Å². The molecular formula is C11H11N5O5S. The number of aliphatic carboxylic acids is 1. The maximum absolute atomic E-state index is 11.8. The number of hydrogen-bond acceptors (Lipinski definition) is 7. The minimum absolute atomic E-state index is 0.00113. The molecule has 22 heavy (non-hydrogen) atoms. The molecule has 4 N–H and O–H groups in total. The maximum atomic E-state index is 11.8. The number of H-pyrrole nitrogens is 1. The lowest BCUT2D eigenvalue weighted by atomic mass is 10.0. The Hall–Kier alpha value is -2.40. The number of nitrogens with one attached hydrogen (secondary N) is 1. The number of aryl methyl sites for hydroxylation is 1. The van der Waals surface area contributed by atoms with Gasteiger partial charge in [-0.2, -0.15) is 4.98 Å². The standard InChI is InChI=1S/C11H11N5O5S/c1-15-6(13-7(17)8(18)14-15)3-2-22-10-4(12)9(19)16(10)5(3)11(20)21/h4,10H,2,12H2,1H3,(H,14,18)(H,20,21)/t4?,10-/m0/s1. The Balaban J connectivity index is 2.22. The van der Waals surface area contributed by atoms with Gasteiger partial charge in [0.05, 0.1) is 0 Å². The molecule has 0 spiro atoms. The third kappa shape index (κ3) is 1.89. The van der Waals surface area contributed by atoms with E-state index in [0.29, 0.717) is 0 Å². The second-order valence-electron chi connectivity index (χ2n) is 4.81. The van der Waals surface area contributed by atoms with Gasteiger partial charge in [0.25, 0.3) is 0 Å². The van der Waals surface area contributed by atoms with E-state index in [1.807, 2.05) is 0 Å².